The number of aromatic nitrogens is 3. The second-order valence-corrected chi connectivity index (χ2v) is 7.35. The number of hydrogen-bond donors (Lipinski definition) is 0. The van der Waals surface area contributed by atoms with Crippen molar-refractivity contribution in [2.75, 3.05) is 6.54 Å². The minimum Gasteiger partial charge on any atom is -0.485 e. The number of rotatable bonds is 4. The van der Waals surface area contributed by atoms with Crippen LogP contribution < -0.4 is 4.74 Å². The Balaban J connectivity index is 1.27. The maximum atomic E-state index is 13.0. The van der Waals surface area contributed by atoms with Crippen molar-refractivity contribution in [1.29, 1.82) is 0 Å². The zero-order chi connectivity index (χ0) is 22.3. The van der Waals surface area contributed by atoms with Gasteiger partial charge in [0.2, 0.25) is 5.82 Å². The zero-order valence-electron chi connectivity index (χ0n) is 16.7. The molecule has 3 heterocycles. The number of amides is 1. The molecule has 5 rings (SSSR count). The van der Waals surface area contributed by atoms with Crippen molar-refractivity contribution in [1.82, 2.24) is 19.7 Å². The van der Waals surface area contributed by atoms with E-state index in [1.54, 1.807) is 6.07 Å². The first-order valence-corrected chi connectivity index (χ1v) is 9.88. The van der Waals surface area contributed by atoms with Gasteiger partial charge in [0, 0.05) is 18.5 Å². The lowest BCUT2D eigenvalue weighted by molar-refractivity contribution is -0.147. The van der Waals surface area contributed by atoms with Gasteiger partial charge >= 0.3 is 6.18 Å². The summed E-state index contributed by atoms with van der Waals surface area (Å²) in [6, 6.07) is 16.7. The number of nitrogens with zero attached hydrogens (tertiary/aromatic N) is 4. The first-order valence-electron chi connectivity index (χ1n) is 9.88. The standard InChI is InChI=1S/C22H17F3N4O3/c23-22(24,25)21-27-26-19-12-28(10-11-29(19)21)20(30)18-9-8-15(32-18)13-31-17-7-3-5-14-4-1-2-6-16(14)17/h1-9H,10-13H2. The molecule has 0 radical (unpaired) electrons. The van der Waals surface area contributed by atoms with Crippen LogP contribution in [0.1, 0.15) is 28.0 Å². The Hall–Kier alpha value is -3.82. The van der Waals surface area contributed by atoms with Gasteiger partial charge in [-0.2, -0.15) is 13.2 Å². The summed E-state index contributed by atoms with van der Waals surface area (Å²) < 4.78 is 51.5. The fourth-order valence-electron chi connectivity index (χ4n) is 3.74. The maximum Gasteiger partial charge on any atom is 0.451 e. The summed E-state index contributed by atoms with van der Waals surface area (Å²) in [6.45, 7) is 0.102. The molecule has 0 atom stereocenters. The number of carbonyl (C=O) groups is 1. The van der Waals surface area contributed by atoms with E-state index in [1.807, 2.05) is 42.5 Å². The molecule has 2 aromatic carbocycles. The highest BCUT2D eigenvalue weighted by Gasteiger charge is 2.40. The summed E-state index contributed by atoms with van der Waals surface area (Å²) in [5, 5.41) is 8.83. The molecule has 0 spiro atoms. The van der Waals surface area contributed by atoms with Crippen molar-refractivity contribution in [2.24, 2.45) is 0 Å². The van der Waals surface area contributed by atoms with E-state index in [1.165, 1.54) is 11.0 Å². The van der Waals surface area contributed by atoms with Gasteiger partial charge in [-0.3, -0.25) is 4.79 Å². The number of ether oxygens (including phenoxy) is 1. The van der Waals surface area contributed by atoms with Crippen LogP contribution >= 0.6 is 0 Å². The molecular weight excluding hydrogens is 425 g/mol. The Morgan fingerprint density at radius 2 is 1.84 bits per heavy atom. The average Bonchev–Trinajstić information content (AvgIpc) is 3.43. The Morgan fingerprint density at radius 3 is 2.69 bits per heavy atom. The van der Waals surface area contributed by atoms with Crippen molar-refractivity contribution in [3.05, 3.63) is 77.8 Å². The van der Waals surface area contributed by atoms with Crippen LogP contribution in [0.15, 0.2) is 59.0 Å². The molecule has 10 heteroatoms. The molecule has 7 nitrogen and oxygen atoms in total. The summed E-state index contributed by atoms with van der Waals surface area (Å²) >= 11 is 0. The molecule has 4 aromatic rings. The van der Waals surface area contributed by atoms with Gasteiger partial charge in [0.15, 0.2) is 11.6 Å². The quantitative estimate of drug-likeness (QED) is 0.472. The summed E-state index contributed by atoms with van der Waals surface area (Å²) in [5.74, 6) is -0.146. The number of carbonyl (C=O) groups excluding carboxylic acids is 1. The third kappa shape index (κ3) is 3.68. The summed E-state index contributed by atoms with van der Waals surface area (Å²) in [6.07, 6.45) is -4.59. The largest absolute Gasteiger partial charge is 0.485 e. The molecule has 0 N–H and O–H groups in total. The van der Waals surface area contributed by atoms with Gasteiger partial charge in [-0.15, -0.1) is 10.2 Å². The van der Waals surface area contributed by atoms with E-state index in [0.29, 0.717) is 11.5 Å². The van der Waals surface area contributed by atoms with Gasteiger partial charge in [0.05, 0.1) is 6.54 Å². The van der Waals surface area contributed by atoms with E-state index in [0.717, 1.165) is 15.3 Å². The number of hydrogen-bond acceptors (Lipinski definition) is 5. The van der Waals surface area contributed by atoms with Gasteiger partial charge in [0.1, 0.15) is 18.1 Å². The fourth-order valence-corrected chi connectivity index (χ4v) is 3.74. The molecule has 1 aliphatic heterocycles. The van der Waals surface area contributed by atoms with Gasteiger partial charge < -0.3 is 18.6 Å². The third-order valence-electron chi connectivity index (χ3n) is 5.29. The molecule has 0 unspecified atom stereocenters. The number of benzene rings is 2. The van der Waals surface area contributed by atoms with Gasteiger partial charge in [-0.1, -0.05) is 36.4 Å². The second-order valence-electron chi connectivity index (χ2n) is 7.35. The van der Waals surface area contributed by atoms with Gasteiger partial charge in [-0.05, 0) is 23.6 Å². The van der Waals surface area contributed by atoms with Crippen LogP contribution in [0.2, 0.25) is 0 Å². The van der Waals surface area contributed by atoms with Crippen molar-refractivity contribution in [2.45, 2.75) is 25.9 Å². The molecule has 0 saturated heterocycles. The van der Waals surface area contributed by atoms with E-state index < -0.39 is 17.9 Å². The molecule has 0 fully saturated rings. The van der Waals surface area contributed by atoms with Crippen LogP contribution in [0.25, 0.3) is 10.8 Å². The molecule has 0 saturated carbocycles. The molecule has 1 aliphatic rings. The van der Waals surface area contributed by atoms with Crippen molar-refractivity contribution in [3.8, 4) is 5.75 Å². The lowest BCUT2D eigenvalue weighted by Gasteiger charge is -2.27. The first kappa shape index (κ1) is 20.1. The summed E-state index contributed by atoms with van der Waals surface area (Å²) in [5.41, 5.74) is 0. The topological polar surface area (TPSA) is 73.4 Å². The highest BCUT2D eigenvalue weighted by molar-refractivity contribution is 5.91. The lowest BCUT2D eigenvalue weighted by atomic mass is 10.1. The number of alkyl halides is 3. The number of halogens is 3. The Bertz CT molecular complexity index is 1290. The summed E-state index contributed by atoms with van der Waals surface area (Å²) in [7, 11) is 0. The van der Waals surface area contributed by atoms with Gasteiger partial charge in [-0.25, -0.2) is 0 Å². The van der Waals surface area contributed by atoms with Crippen molar-refractivity contribution < 1.29 is 27.1 Å². The monoisotopic (exact) mass is 442 g/mol. The molecule has 0 aliphatic carbocycles. The minimum absolute atomic E-state index is 0.0410. The Kier molecular flexibility index (Phi) is 4.84. The first-order chi connectivity index (χ1) is 15.4. The number of fused-ring (bicyclic) bond motifs is 2. The minimum atomic E-state index is -4.59. The normalized spacial score (nSPS) is 13.9. The van der Waals surface area contributed by atoms with E-state index in [4.69, 9.17) is 9.15 Å². The molecule has 32 heavy (non-hydrogen) atoms. The van der Waals surface area contributed by atoms with Crippen LogP contribution in [-0.2, 0) is 25.9 Å². The SMILES string of the molecule is O=C(c1ccc(COc2cccc3ccccc23)o1)N1CCn2c(nnc2C(F)(F)F)C1. The second kappa shape index (κ2) is 7.70. The molecule has 164 valence electrons. The highest BCUT2D eigenvalue weighted by atomic mass is 19.4. The van der Waals surface area contributed by atoms with Crippen molar-refractivity contribution >= 4 is 16.7 Å². The van der Waals surface area contributed by atoms with E-state index in [9.17, 15) is 18.0 Å². The Morgan fingerprint density at radius 1 is 1.03 bits per heavy atom. The molecule has 1 amide bonds. The Labute approximate surface area is 180 Å². The molecular formula is C22H17F3N4O3. The van der Waals surface area contributed by atoms with Crippen LogP contribution in [0.3, 0.4) is 0 Å². The average molecular weight is 442 g/mol. The predicted molar refractivity (Wildman–Crippen MR) is 107 cm³/mol. The van der Waals surface area contributed by atoms with Crippen LogP contribution in [-0.4, -0.2) is 32.1 Å². The maximum absolute atomic E-state index is 13.0. The predicted octanol–water partition coefficient (Wildman–Crippen LogP) is 4.28. The highest BCUT2D eigenvalue weighted by Crippen LogP contribution is 2.30. The summed E-state index contributed by atoms with van der Waals surface area (Å²) in [4.78, 5) is 14.2. The fraction of sp³-hybridized carbons (Fsp3) is 0.227. The van der Waals surface area contributed by atoms with Crippen molar-refractivity contribution in [3.63, 3.8) is 0 Å². The van der Waals surface area contributed by atoms with E-state index in [-0.39, 0.29) is 37.8 Å². The van der Waals surface area contributed by atoms with Crippen LogP contribution in [0, 0.1) is 0 Å². The van der Waals surface area contributed by atoms with E-state index >= 15 is 0 Å². The molecule has 2 aromatic heterocycles. The van der Waals surface area contributed by atoms with Crippen LogP contribution in [0.5, 0.6) is 5.75 Å². The smallest absolute Gasteiger partial charge is 0.451 e. The lowest BCUT2D eigenvalue weighted by Crippen LogP contribution is -2.39. The number of furan rings is 1. The van der Waals surface area contributed by atoms with Crippen LogP contribution in [0.4, 0.5) is 13.2 Å². The third-order valence-corrected chi connectivity index (χ3v) is 5.29. The van der Waals surface area contributed by atoms with Gasteiger partial charge in [0.25, 0.3) is 5.91 Å². The van der Waals surface area contributed by atoms with E-state index in [2.05, 4.69) is 10.2 Å². The molecule has 0 bridgehead atoms. The zero-order valence-corrected chi connectivity index (χ0v) is 16.7.